The van der Waals surface area contributed by atoms with Gasteiger partial charge in [0.05, 0.1) is 5.41 Å². The first kappa shape index (κ1) is 16.9. The predicted octanol–water partition coefficient (Wildman–Crippen LogP) is 2.15. The molecule has 0 aromatic heterocycles. The van der Waals surface area contributed by atoms with Gasteiger partial charge in [-0.1, -0.05) is 19.1 Å². The fourth-order valence-corrected chi connectivity index (χ4v) is 2.99. The molecule has 2 rings (SSSR count). The fraction of sp³-hybridized carbons (Fsp3) is 0.588. The minimum absolute atomic E-state index is 0.0438. The molecule has 22 heavy (non-hydrogen) atoms. The van der Waals surface area contributed by atoms with Gasteiger partial charge < -0.3 is 15.2 Å². The monoisotopic (exact) mass is 309 g/mol. The normalized spacial score (nSPS) is 18.7. The lowest BCUT2D eigenvalue weighted by Gasteiger charge is -2.37. The van der Waals surface area contributed by atoms with E-state index in [4.69, 9.17) is 9.84 Å². The first-order valence-electron chi connectivity index (χ1n) is 7.88. The van der Waals surface area contributed by atoms with Crippen molar-refractivity contribution in [2.45, 2.75) is 44.1 Å². The van der Waals surface area contributed by atoms with Crippen molar-refractivity contribution in [3.8, 4) is 0 Å². The zero-order valence-corrected chi connectivity index (χ0v) is 13.0. The van der Waals surface area contributed by atoms with Crippen LogP contribution in [0.4, 0.5) is 4.39 Å². The van der Waals surface area contributed by atoms with Crippen molar-refractivity contribution in [3.63, 3.8) is 0 Å². The van der Waals surface area contributed by atoms with E-state index in [-0.39, 0.29) is 24.4 Å². The van der Waals surface area contributed by atoms with E-state index in [1.54, 1.807) is 12.1 Å². The van der Waals surface area contributed by atoms with Crippen LogP contribution in [0.5, 0.6) is 0 Å². The third-order valence-electron chi connectivity index (χ3n) is 4.48. The number of amides is 1. The number of nitrogens with one attached hydrogen (secondary N) is 1. The Hall–Kier alpha value is -1.46. The lowest BCUT2D eigenvalue weighted by molar-refractivity contribution is -0.131. The lowest BCUT2D eigenvalue weighted by atomic mass is 9.73. The van der Waals surface area contributed by atoms with Gasteiger partial charge in [0.25, 0.3) is 0 Å². The van der Waals surface area contributed by atoms with Gasteiger partial charge >= 0.3 is 0 Å². The van der Waals surface area contributed by atoms with Crippen molar-refractivity contribution in [2.24, 2.45) is 0 Å². The molecule has 122 valence electrons. The summed E-state index contributed by atoms with van der Waals surface area (Å²) in [7, 11) is 0. The van der Waals surface area contributed by atoms with Crippen molar-refractivity contribution < 1.29 is 19.0 Å². The van der Waals surface area contributed by atoms with E-state index in [2.05, 4.69) is 5.32 Å². The number of carbonyl (C=O) groups is 1. The molecule has 0 spiro atoms. The van der Waals surface area contributed by atoms with E-state index < -0.39 is 5.41 Å². The van der Waals surface area contributed by atoms with Crippen LogP contribution in [0.15, 0.2) is 24.3 Å². The van der Waals surface area contributed by atoms with Gasteiger partial charge in [-0.05, 0) is 43.4 Å². The van der Waals surface area contributed by atoms with E-state index in [0.717, 1.165) is 12.0 Å². The minimum Gasteiger partial charge on any atom is -0.396 e. The highest BCUT2D eigenvalue weighted by Crippen LogP contribution is 2.35. The van der Waals surface area contributed by atoms with Gasteiger partial charge in [0, 0.05) is 25.9 Å². The van der Waals surface area contributed by atoms with Gasteiger partial charge in [-0.15, -0.1) is 0 Å². The molecular weight excluding hydrogens is 285 g/mol. The molecule has 1 saturated heterocycles. The lowest BCUT2D eigenvalue weighted by Crippen LogP contribution is -2.51. The van der Waals surface area contributed by atoms with Crippen LogP contribution in [0.1, 0.15) is 38.2 Å². The van der Waals surface area contributed by atoms with Crippen LogP contribution in [-0.2, 0) is 14.9 Å². The molecule has 1 heterocycles. The van der Waals surface area contributed by atoms with Gasteiger partial charge in [0.1, 0.15) is 5.82 Å². The number of ether oxygens (including phenoxy) is 1. The Morgan fingerprint density at radius 1 is 1.36 bits per heavy atom. The molecule has 1 aromatic rings. The highest BCUT2D eigenvalue weighted by molar-refractivity contribution is 5.88. The van der Waals surface area contributed by atoms with Crippen molar-refractivity contribution in [2.75, 3.05) is 19.8 Å². The maximum atomic E-state index is 13.2. The van der Waals surface area contributed by atoms with Gasteiger partial charge in [0.15, 0.2) is 0 Å². The third kappa shape index (κ3) is 3.65. The molecule has 0 bridgehead atoms. The average molecular weight is 309 g/mol. The van der Waals surface area contributed by atoms with E-state index in [9.17, 15) is 9.18 Å². The topological polar surface area (TPSA) is 58.6 Å². The predicted molar refractivity (Wildman–Crippen MR) is 82.1 cm³/mol. The molecule has 1 aliphatic heterocycles. The number of rotatable bonds is 6. The summed E-state index contributed by atoms with van der Waals surface area (Å²) in [6.45, 7) is 3.06. The summed E-state index contributed by atoms with van der Waals surface area (Å²) in [6, 6.07) is 6.12. The number of halogens is 1. The number of aliphatic hydroxyl groups is 1. The molecule has 0 saturated carbocycles. The van der Waals surface area contributed by atoms with Crippen LogP contribution in [0.3, 0.4) is 0 Å². The maximum absolute atomic E-state index is 13.2. The highest BCUT2D eigenvalue weighted by atomic mass is 19.1. The van der Waals surface area contributed by atoms with Crippen LogP contribution < -0.4 is 5.32 Å². The number of aliphatic hydroxyl groups excluding tert-OH is 1. The average Bonchev–Trinajstić information content (AvgIpc) is 2.55. The Bertz CT molecular complexity index is 483. The third-order valence-corrected chi connectivity index (χ3v) is 4.48. The van der Waals surface area contributed by atoms with E-state index >= 15 is 0 Å². The Morgan fingerprint density at radius 3 is 2.55 bits per heavy atom. The Morgan fingerprint density at radius 2 is 2.00 bits per heavy atom. The Labute approximate surface area is 130 Å². The molecule has 1 unspecified atom stereocenters. The summed E-state index contributed by atoms with van der Waals surface area (Å²) in [5, 5.41) is 12.1. The van der Waals surface area contributed by atoms with Crippen LogP contribution in [-0.4, -0.2) is 36.9 Å². The molecule has 0 aliphatic carbocycles. The van der Waals surface area contributed by atoms with Gasteiger partial charge in [-0.25, -0.2) is 4.39 Å². The van der Waals surface area contributed by atoms with Crippen molar-refractivity contribution >= 4 is 5.91 Å². The second-order valence-corrected chi connectivity index (χ2v) is 5.79. The second kappa shape index (κ2) is 7.70. The van der Waals surface area contributed by atoms with Crippen molar-refractivity contribution in [3.05, 3.63) is 35.6 Å². The van der Waals surface area contributed by atoms with Gasteiger partial charge in [-0.2, -0.15) is 0 Å². The molecule has 2 N–H and O–H groups in total. The molecule has 1 atom stereocenters. The maximum Gasteiger partial charge on any atom is 0.231 e. The molecule has 0 radical (unpaired) electrons. The summed E-state index contributed by atoms with van der Waals surface area (Å²) < 4.78 is 18.6. The fourth-order valence-electron chi connectivity index (χ4n) is 2.99. The SMILES string of the molecule is CCC(CCO)NC(=O)C1(c2ccc(F)cc2)CCOCC1. The number of benzene rings is 1. The van der Waals surface area contributed by atoms with E-state index in [1.807, 2.05) is 6.92 Å². The molecule has 1 aliphatic rings. The largest absolute Gasteiger partial charge is 0.396 e. The summed E-state index contributed by atoms with van der Waals surface area (Å²) in [4.78, 5) is 12.9. The molecule has 1 amide bonds. The first-order chi connectivity index (χ1) is 10.6. The smallest absolute Gasteiger partial charge is 0.231 e. The summed E-state index contributed by atoms with van der Waals surface area (Å²) in [6.07, 6.45) is 2.47. The molecule has 1 aromatic carbocycles. The van der Waals surface area contributed by atoms with Crippen LogP contribution in [0.2, 0.25) is 0 Å². The summed E-state index contributed by atoms with van der Waals surface area (Å²) in [5.74, 6) is -0.360. The number of hydrogen-bond donors (Lipinski definition) is 2. The zero-order valence-electron chi connectivity index (χ0n) is 13.0. The second-order valence-electron chi connectivity index (χ2n) is 5.79. The number of hydrogen-bond acceptors (Lipinski definition) is 3. The standard InChI is InChI=1S/C17H24FNO3/c1-2-15(7-10-20)19-16(21)17(8-11-22-12-9-17)13-3-5-14(18)6-4-13/h3-6,15,20H,2,7-12H2,1H3,(H,19,21). The van der Waals surface area contributed by atoms with Crippen LogP contribution >= 0.6 is 0 Å². The van der Waals surface area contributed by atoms with Crippen molar-refractivity contribution in [1.82, 2.24) is 5.32 Å². The quantitative estimate of drug-likeness (QED) is 0.846. The van der Waals surface area contributed by atoms with Gasteiger partial charge in [0.2, 0.25) is 5.91 Å². The summed E-state index contributed by atoms with van der Waals surface area (Å²) >= 11 is 0. The summed E-state index contributed by atoms with van der Waals surface area (Å²) in [5.41, 5.74) is 0.156. The van der Waals surface area contributed by atoms with Crippen molar-refractivity contribution in [1.29, 1.82) is 0 Å². The number of carbonyl (C=O) groups excluding carboxylic acids is 1. The highest BCUT2D eigenvalue weighted by Gasteiger charge is 2.42. The Kier molecular flexibility index (Phi) is 5.91. The molecule has 1 fully saturated rings. The zero-order chi connectivity index (χ0) is 16.0. The molecule has 4 nitrogen and oxygen atoms in total. The van der Waals surface area contributed by atoms with Crippen LogP contribution in [0.25, 0.3) is 0 Å². The first-order valence-corrected chi connectivity index (χ1v) is 7.88. The van der Waals surface area contributed by atoms with E-state index in [1.165, 1.54) is 12.1 Å². The van der Waals surface area contributed by atoms with Crippen LogP contribution in [0, 0.1) is 5.82 Å². The minimum atomic E-state index is -0.672. The molecule has 5 heteroatoms. The van der Waals surface area contributed by atoms with Gasteiger partial charge in [-0.3, -0.25) is 4.79 Å². The Balaban J connectivity index is 2.24. The molecular formula is C17H24FNO3. The van der Waals surface area contributed by atoms with E-state index in [0.29, 0.717) is 32.5 Å².